The summed E-state index contributed by atoms with van der Waals surface area (Å²) in [7, 11) is 0. The van der Waals surface area contributed by atoms with Crippen molar-refractivity contribution in [3.63, 3.8) is 0 Å². The van der Waals surface area contributed by atoms with Crippen molar-refractivity contribution in [2.45, 2.75) is 26.4 Å². The number of fused-ring (bicyclic) bond motifs is 1. The predicted molar refractivity (Wildman–Crippen MR) is 46.5 cm³/mol. The maximum absolute atomic E-state index is 5.24. The van der Waals surface area contributed by atoms with Crippen LogP contribution in [0.15, 0.2) is 12.4 Å². The van der Waals surface area contributed by atoms with E-state index in [0.717, 1.165) is 5.56 Å². The van der Waals surface area contributed by atoms with Gasteiger partial charge in [-0.05, 0) is 5.92 Å². The van der Waals surface area contributed by atoms with Gasteiger partial charge >= 0.3 is 0 Å². The third-order valence-electron chi connectivity index (χ3n) is 2.18. The second-order valence-corrected chi connectivity index (χ2v) is 3.38. The Morgan fingerprint density at radius 2 is 2.23 bits per heavy atom. The molecule has 1 radical (unpaired) electrons. The van der Waals surface area contributed by atoms with Crippen molar-refractivity contribution in [3.8, 4) is 0 Å². The summed E-state index contributed by atoms with van der Waals surface area (Å²) >= 11 is 0. The van der Waals surface area contributed by atoms with E-state index in [9.17, 15) is 0 Å². The van der Waals surface area contributed by atoms with Gasteiger partial charge in [0.05, 0.1) is 0 Å². The van der Waals surface area contributed by atoms with Gasteiger partial charge in [0.2, 0.25) is 0 Å². The average molecular weight is 348 g/mol. The van der Waals surface area contributed by atoms with Crippen molar-refractivity contribution in [1.29, 1.82) is 0 Å². The topological polar surface area (TPSA) is 22.1 Å². The van der Waals surface area contributed by atoms with E-state index in [2.05, 4.69) is 18.8 Å². The maximum atomic E-state index is 5.24. The molecular formula is C10H12NORe-. The van der Waals surface area contributed by atoms with Crippen LogP contribution in [0.1, 0.15) is 36.5 Å². The van der Waals surface area contributed by atoms with E-state index in [-0.39, 0.29) is 20.4 Å². The third-order valence-corrected chi connectivity index (χ3v) is 2.18. The summed E-state index contributed by atoms with van der Waals surface area (Å²) in [5, 5.41) is 0. The summed E-state index contributed by atoms with van der Waals surface area (Å²) in [4.78, 5) is 4.17. The normalized spacial score (nSPS) is 13.5. The van der Waals surface area contributed by atoms with E-state index in [4.69, 9.17) is 4.74 Å². The molecule has 2 rings (SSSR count). The smallest absolute Gasteiger partial charge is 0.0188 e. The number of aromatic nitrogens is 1. The zero-order valence-corrected chi connectivity index (χ0v) is 10.5. The van der Waals surface area contributed by atoms with E-state index >= 15 is 0 Å². The summed E-state index contributed by atoms with van der Waals surface area (Å²) in [6.45, 7) is 6.85. The molecule has 0 aromatic carbocycles. The van der Waals surface area contributed by atoms with Crippen LogP contribution in [-0.2, 0) is 31.8 Å². The quantitative estimate of drug-likeness (QED) is 0.726. The van der Waals surface area contributed by atoms with Gasteiger partial charge in [-0.3, -0.25) is 0 Å². The second-order valence-electron chi connectivity index (χ2n) is 3.38. The second kappa shape index (κ2) is 4.24. The predicted octanol–water partition coefficient (Wildman–Crippen LogP) is 2.24. The SMILES string of the molecule is CC(C)c1cncc2c1CO[CH-]2.[Re]. The molecule has 3 heteroatoms. The standard InChI is InChI=1S/C10H12NO.Re/c1-7(2)9-4-11-3-8-5-12-6-10(8)9;/h3-5,7H,6H2,1-2H3;/q-1;. The molecule has 1 aliphatic heterocycles. The summed E-state index contributed by atoms with van der Waals surface area (Å²) < 4.78 is 5.24. The number of hydrogen-bond donors (Lipinski definition) is 0. The summed E-state index contributed by atoms with van der Waals surface area (Å²) in [6, 6.07) is 0. The molecule has 1 aromatic heterocycles. The zero-order chi connectivity index (χ0) is 8.55. The number of ether oxygens (including phenoxy) is 1. The molecule has 2 nitrogen and oxygen atoms in total. The molecule has 0 amide bonds. The molecule has 0 spiro atoms. The van der Waals surface area contributed by atoms with Crippen LogP contribution in [0, 0.1) is 6.61 Å². The molecule has 0 saturated carbocycles. The molecule has 0 saturated heterocycles. The van der Waals surface area contributed by atoms with Crippen molar-refractivity contribution in [2.24, 2.45) is 0 Å². The van der Waals surface area contributed by atoms with Gasteiger partial charge in [-0.15, -0.1) is 11.1 Å². The van der Waals surface area contributed by atoms with Crippen LogP contribution >= 0.6 is 0 Å². The Bertz CT molecular complexity index is 299. The van der Waals surface area contributed by atoms with Gasteiger partial charge in [-0.25, -0.2) is 0 Å². The van der Waals surface area contributed by atoms with Crippen molar-refractivity contribution in [1.82, 2.24) is 4.98 Å². The van der Waals surface area contributed by atoms with E-state index < -0.39 is 0 Å². The fraction of sp³-hybridized carbons (Fsp3) is 0.400. The Balaban J connectivity index is 0.000000845. The van der Waals surface area contributed by atoms with Crippen LogP contribution < -0.4 is 0 Å². The van der Waals surface area contributed by atoms with Crippen LogP contribution in [0.4, 0.5) is 0 Å². The third kappa shape index (κ3) is 1.94. The van der Waals surface area contributed by atoms with Crippen LogP contribution in [-0.4, -0.2) is 4.98 Å². The molecule has 0 fully saturated rings. The molecule has 0 bridgehead atoms. The minimum Gasteiger partial charge on any atom is -0.421 e. The van der Waals surface area contributed by atoms with Gasteiger partial charge in [0.1, 0.15) is 0 Å². The number of nitrogens with zero attached hydrogens (tertiary/aromatic N) is 1. The van der Waals surface area contributed by atoms with Gasteiger partial charge in [0.15, 0.2) is 0 Å². The zero-order valence-electron chi connectivity index (χ0n) is 7.75. The van der Waals surface area contributed by atoms with E-state index in [1.54, 1.807) is 6.61 Å². The molecule has 0 N–H and O–H groups in total. The van der Waals surface area contributed by atoms with Gasteiger partial charge in [-0.1, -0.05) is 32.2 Å². The molecular weight excluding hydrogens is 336 g/mol. The first-order chi connectivity index (χ1) is 5.79. The minimum absolute atomic E-state index is 0. The van der Waals surface area contributed by atoms with Crippen LogP contribution in [0.5, 0.6) is 0 Å². The fourth-order valence-corrected chi connectivity index (χ4v) is 1.50. The molecule has 1 aromatic rings. The minimum atomic E-state index is 0. The van der Waals surface area contributed by atoms with E-state index in [1.807, 2.05) is 12.4 Å². The molecule has 0 unspecified atom stereocenters. The fourth-order valence-electron chi connectivity index (χ4n) is 1.50. The van der Waals surface area contributed by atoms with Crippen molar-refractivity contribution < 1.29 is 25.2 Å². The number of pyridine rings is 1. The van der Waals surface area contributed by atoms with Crippen molar-refractivity contribution >= 4 is 0 Å². The first kappa shape index (κ1) is 10.7. The van der Waals surface area contributed by atoms with Gasteiger partial charge in [0, 0.05) is 33.2 Å². The van der Waals surface area contributed by atoms with Crippen LogP contribution in [0.25, 0.3) is 0 Å². The summed E-state index contributed by atoms with van der Waals surface area (Å²) in [5.41, 5.74) is 3.75. The van der Waals surface area contributed by atoms with Crippen molar-refractivity contribution in [3.05, 3.63) is 35.7 Å². The van der Waals surface area contributed by atoms with E-state index in [1.165, 1.54) is 11.1 Å². The van der Waals surface area contributed by atoms with Gasteiger partial charge < -0.3 is 9.72 Å². The Hall–Kier alpha value is -0.358. The number of rotatable bonds is 1. The van der Waals surface area contributed by atoms with E-state index in [0.29, 0.717) is 12.5 Å². The Kier molecular flexibility index (Phi) is 3.49. The molecule has 13 heavy (non-hydrogen) atoms. The Morgan fingerprint density at radius 3 is 2.92 bits per heavy atom. The molecule has 1 aliphatic rings. The molecule has 2 heterocycles. The van der Waals surface area contributed by atoms with Crippen LogP contribution in [0.3, 0.4) is 0 Å². The largest absolute Gasteiger partial charge is 0.421 e. The summed E-state index contributed by atoms with van der Waals surface area (Å²) in [6.07, 6.45) is 3.79. The number of hydrogen-bond acceptors (Lipinski definition) is 2. The molecule has 71 valence electrons. The average Bonchev–Trinajstić information content (AvgIpc) is 2.49. The first-order valence-corrected chi connectivity index (χ1v) is 4.20. The molecule has 0 aliphatic carbocycles. The van der Waals surface area contributed by atoms with Gasteiger partial charge in [-0.2, -0.15) is 0 Å². The maximum Gasteiger partial charge on any atom is 0.0188 e. The van der Waals surface area contributed by atoms with Crippen LogP contribution in [0.2, 0.25) is 0 Å². The first-order valence-electron chi connectivity index (χ1n) is 4.20. The monoisotopic (exact) mass is 349 g/mol. The van der Waals surface area contributed by atoms with Gasteiger partial charge in [0.25, 0.3) is 0 Å². The molecule has 0 atom stereocenters. The summed E-state index contributed by atoms with van der Waals surface area (Å²) in [5.74, 6) is 0.530. The Labute approximate surface area is 92.4 Å². The van der Waals surface area contributed by atoms with Crippen molar-refractivity contribution in [2.75, 3.05) is 0 Å². The Morgan fingerprint density at radius 1 is 1.46 bits per heavy atom.